The summed E-state index contributed by atoms with van der Waals surface area (Å²) in [5.41, 5.74) is 0. The third-order valence-corrected chi connectivity index (χ3v) is 4.28. The lowest BCUT2D eigenvalue weighted by atomic mass is 10.1. The van der Waals surface area contributed by atoms with Gasteiger partial charge in [-0.1, -0.05) is 53.2 Å². The minimum atomic E-state index is -0.577. The van der Waals surface area contributed by atoms with Crippen LogP contribution in [0.5, 0.6) is 0 Å². The third kappa shape index (κ3) is 2.71. The van der Waals surface area contributed by atoms with Crippen molar-refractivity contribution in [3.8, 4) is 0 Å². The van der Waals surface area contributed by atoms with Crippen molar-refractivity contribution < 1.29 is 14.3 Å². The van der Waals surface area contributed by atoms with E-state index in [2.05, 4.69) is 0 Å². The van der Waals surface area contributed by atoms with Gasteiger partial charge in [-0.15, -0.1) is 0 Å². The lowest BCUT2D eigenvalue weighted by Crippen LogP contribution is -2.19. The monoisotopic (exact) mass is 314 g/mol. The maximum Gasteiger partial charge on any atom is 0.241 e. The molecule has 0 bridgehead atoms. The molecule has 0 radical (unpaired) electrons. The van der Waals surface area contributed by atoms with Crippen molar-refractivity contribution in [1.29, 1.82) is 0 Å². The van der Waals surface area contributed by atoms with E-state index in [0.717, 1.165) is 16.7 Å². The standard InChI is InChI=1S/C13H8Cl2O3S/c1-18-12-10(16)8(14)9(15)11(17)13(12)19-7-5-3-2-4-6-7/h2-6H,1H3. The maximum absolute atomic E-state index is 12.1. The minimum absolute atomic E-state index is 0.0757. The molecule has 1 aliphatic rings. The summed E-state index contributed by atoms with van der Waals surface area (Å²) in [5.74, 6) is -1.16. The summed E-state index contributed by atoms with van der Waals surface area (Å²) in [4.78, 5) is 24.9. The Labute approximate surface area is 124 Å². The summed E-state index contributed by atoms with van der Waals surface area (Å²) in [6, 6.07) is 9.14. The number of benzene rings is 1. The summed E-state index contributed by atoms with van der Waals surface area (Å²) in [5, 5.41) is -0.577. The summed E-state index contributed by atoms with van der Waals surface area (Å²) >= 11 is 12.6. The molecule has 0 amide bonds. The smallest absolute Gasteiger partial charge is 0.241 e. The van der Waals surface area contributed by atoms with E-state index in [1.165, 1.54) is 7.11 Å². The number of methoxy groups -OCH3 is 1. The fourth-order valence-corrected chi connectivity index (χ4v) is 2.89. The molecule has 2 rings (SSSR count). The van der Waals surface area contributed by atoms with Crippen LogP contribution in [0.25, 0.3) is 0 Å². The number of halogens is 2. The molecule has 0 saturated heterocycles. The molecule has 6 heteroatoms. The Balaban J connectivity index is 2.44. The summed E-state index contributed by atoms with van der Waals surface area (Å²) in [6.07, 6.45) is 0. The van der Waals surface area contributed by atoms with E-state index in [9.17, 15) is 9.59 Å². The first-order valence-electron chi connectivity index (χ1n) is 5.22. The highest BCUT2D eigenvalue weighted by Gasteiger charge is 2.34. The summed E-state index contributed by atoms with van der Waals surface area (Å²) in [6.45, 7) is 0. The fraction of sp³-hybridized carbons (Fsp3) is 0.0769. The summed E-state index contributed by atoms with van der Waals surface area (Å²) in [7, 11) is 1.31. The first-order chi connectivity index (χ1) is 9.06. The third-order valence-electron chi connectivity index (χ3n) is 2.38. The van der Waals surface area contributed by atoms with Gasteiger partial charge in [0.05, 0.1) is 7.11 Å². The van der Waals surface area contributed by atoms with Crippen LogP contribution in [0.15, 0.2) is 56.0 Å². The van der Waals surface area contributed by atoms with Crippen molar-refractivity contribution in [2.24, 2.45) is 0 Å². The number of allylic oxidation sites excluding steroid dienone is 3. The number of ether oxygens (including phenoxy) is 1. The quantitative estimate of drug-likeness (QED) is 0.801. The van der Waals surface area contributed by atoms with Crippen molar-refractivity contribution in [1.82, 2.24) is 0 Å². The molecule has 3 nitrogen and oxygen atoms in total. The highest BCUT2D eigenvalue weighted by molar-refractivity contribution is 8.04. The number of rotatable bonds is 3. The van der Waals surface area contributed by atoms with Crippen LogP contribution in [0, 0.1) is 0 Å². The average molecular weight is 315 g/mol. The second kappa shape index (κ2) is 5.82. The van der Waals surface area contributed by atoms with Crippen molar-refractivity contribution in [3.05, 3.63) is 51.1 Å². The molecular formula is C13H8Cl2O3S. The van der Waals surface area contributed by atoms with Gasteiger partial charge >= 0.3 is 0 Å². The molecule has 0 heterocycles. The molecule has 0 aromatic heterocycles. The zero-order chi connectivity index (χ0) is 14.0. The zero-order valence-electron chi connectivity index (χ0n) is 9.78. The van der Waals surface area contributed by atoms with Crippen LogP contribution in [-0.2, 0) is 14.3 Å². The number of hydrogen-bond donors (Lipinski definition) is 0. The Kier molecular flexibility index (Phi) is 4.34. The van der Waals surface area contributed by atoms with Crippen molar-refractivity contribution in [3.63, 3.8) is 0 Å². The van der Waals surface area contributed by atoms with Gasteiger partial charge in [-0.2, -0.15) is 0 Å². The van der Waals surface area contributed by atoms with E-state index in [-0.39, 0.29) is 20.7 Å². The van der Waals surface area contributed by atoms with Crippen LogP contribution in [0.2, 0.25) is 0 Å². The van der Waals surface area contributed by atoms with Gasteiger partial charge in [0, 0.05) is 4.90 Å². The SMILES string of the molecule is COC1=C(Sc2ccccc2)C(=O)C(Cl)=C(Cl)C1=O. The number of thioether (sulfide) groups is 1. The number of hydrogen-bond acceptors (Lipinski definition) is 4. The van der Waals surface area contributed by atoms with Crippen molar-refractivity contribution in [2.45, 2.75) is 4.90 Å². The lowest BCUT2D eigenvalue weighted by molar-refractivity contribution is -0.117. The van der Waals surface area contributed by atoms with Gasteiger partial charge in [0.15, 0.2) is 5.76 Å². The molecule has 0 spiro atoms. The average Bonchev–Trinajstić information content (AvgIpc) is 2.44. The van der Waals surface area contributed by atoms with Gasteiger partial charge < -0.3 is 4.74 Å². The second-order valence-corrected chi connectivity index (χ2v) is 5.40. The van der Waals surface area contributed by atoms with E-state index in [1.54, 1.807) is 0 Å². The fourth-order valence-electron chi connectivity index (χ4n) is 1.49. The molecule has 0 fully saturated rings. The predicted molar refractivity (Wildman–Crippen MR) is 75.1 cm³/mol. The van der Waals surface area contributed by atoms with Gasteiger partial charge in [-0.05, 0) is 12.1 Å². The highest BCUT2D eigenvalue weighted by Crippen LogP contribution is 2.38. The first kappa shape index (κ1) is 14.2. The Morgan fingerprint density at radius 3 is 2.16 bits per heavy atom. The Morgan fingerprint density at radius 2 is 1.58 bits per heavy atom. The number of carbonyl (C=O) groups is 2. The van der Waals surface area contributed by atoms with Crippen LogP contribution < -0.4 is 0 Å². The van der Waals surface area contributed by atoms with Gasteiger partial charge in [0.25, 0.3) is 0 Å². The zero-order valence-corrected chi connectivity index (χ0v) is 12.1. The van der Waals surface area contributed by atoms with Crippen LogP contribution in [0.1, 0.15) is 0 Å². The molecule has 0 N–H and O–H groups in total. The lowest BCUT2D eigenvalue weighted by Gasteiger charge is -2.16. The number of ketones is 2. The van der Waals surface area contributed by atoms with E-state index < -0.39 is 11.6 Å². The predicted octanol–water partition coefficient (Wildman–Crippen LogP) is 3.48. The maximum atomic E-state index is 12.1. The highest BCUT2D eigenvalue weighted by atomic mass is 35.5. The molecular weight excluding hydrogens is 307 g/mol. The molecule has 0 atom stereocenters. The molecule has 1 aliphatic carbocycles. The van der Waals surface area contributed by atoms with Crippen LogP contribution in [0.4, 0.5) is 0 Å². The van der Waals surface area contributed by atoms with Crippen LogP contribution in [-0.4, -0.2) is 18.7 Å². The largest absolute Gasteiger partial charge is 0.491 e. The Hall–Kier alpha value is -1.23. The van der Waals surface area contributed by atoms with Crippen LogP contribution in [0.3, 0.4) is 0 Å². The van der Waals surface area contributed by atoms with E-state index >= 15 is 0 Å². The second-order valence-electron chi connectivity index (χ2n) is 3.56. The number of carbonyl (C=O) groups excluding carboxylic acids is 2. The Morgan fingerprint density at radius 1 is 1.00 bits per heavy atom. The Bertz CT molecular complexity index is 606. The van der Waals surface area contributed by atoms with Gasteiger partial charge in [-0.3, -0.25) is 9.59 Å². The molecule has 98 valence electrons. The van der Waals surface area contributed by atoms with E-state index in [0.29, 0.717) is 0 Å². The molecule has 19 heavy (non-hydrogen) atoms. The topological polar surface area (TPSA) is 43.4 Å². The normalized spacial score (nSPS) is 16.2. The summed E-state index contributed by atoms with van der Waals surface area (Å²) < 4.78 is 4.99. The molecule has 1 aromatic rings. The van der Waals surface area contributed by atoms with Crippen molar-refractivity contribution >= 4 is 46.5 Å². The first-order valence-corrected chi connectivity index (χ1v) is 6.79. The van der Waals surface area contributed by atoms with Gasteiger partial charge in [0.2, 0.25) is 11.6 Å². The minimum Gasteiger partial charge on any atom is -0.491 e. The molecule has 1 aromatic carbocycles. The number of Topliss-reactive ketones (excluding diaryl/α,β-unsaturated/α-hetero) is 2. The van der Waals surface area contributed by atoms with E-state index in [4.69, 9.17) is 27.9 Å². The van der Waals surface area contributed by atoms with Crippen molar-refractivity contribution in [2.75, 3.05) is 7.11 Å². The van der Waals surface area contributed by atoms with Gasteiger partial charge in [0.1, 0.15) is 15.0 Å². The van der Waals surface area contributed by atoms with E-state index in [1.807, 2.05) is 30.3 Å². The molecule has 0 saturated carbocycles. The molecule has 0 aliphatic heterocycles. The molecule has 0 unspecified atom stereocenters. The van der Waals surface area contributed by atoms with Gasteiger partial charge in [-0.25, -0.2) is 0 Å². The van der Waals surface area contributed by atoms with Crippen LogP contribution >= 0.6 is 35.0 Å².